The van der Waals surface area contributed by atoms with Crippen molar-refractivity contribution in [3.05, 3.63) is 22.8 Å². The van der Waals surface area contributed by atoms with Crippen molar-refractivity contribution in [2.75, 3.05) is 6.61 Å². The molecule has 0 spiro atoms. The van der Waals surface area contributed by atoms with E-state index < -0.39 is 0 Å². The van der Waals surface area contributed by atoms with E-state index in [0.29, 0.717) is 13.0 Å². The molecule has 0 unspecified atom stereocenters. The summed E-state index contributed by atoms with van der Waals surface area (Å²) in [4.78, 5) is 11.5. The Morgan fingerprint density at radius 3 is 2.14 bits per heavy atom. The number of rotatable bonds is 4. The van der Waals surface area contributed by atoms with E-state index in [9.17, 15) is 4.79 Å². The van der Waals surface area contributed by atoms with Crippen LogP contribution in [0, 0.1) is 0 Å². The highest BCUT2D eigenvalue weighted by Crippen LogP contribution is 2.12. The molecule has 0 saturated carbocycles. The van der Waals surface area contributed by atoms with E-state index in [1.807, 2.05) is 40.7 Å². The summed E-state index contributed by atoms with van der Waals surface area (Å²) in [5.41, 5.74) is 3.02. The van der Waals surface area contributed by atoms with Gasteiger partial charge in [-0.2, -0.15) is 0 Å². The highest BCUT2D eigenvalue weighted by atomic mass is 16.5. The van der Waals surface area contributed by atoms with Gasteiger partial charge in [-0.3, -0.25) is 0 Å². The zero-order valence-electron chi connectivity index (χ0n) is 9.81. The highest BCUT2D eigenvalue weighted by molar-refractivity contribution is 5.89. The smallest absolute Gasteiger partial charge is 0.334 e. The Hall–Kier alpha value is -1.05. The Morgan fingerprint density at radius 2 is 1.79 bits per heavy atom. The van der Waals surface area contributed by atoms with Gasteiger partial charge in [0.2, 0.25) is 0 Å². The summed E-state index contributed by atoms with van der Waals surface area (Å²) in [5.74, 6) is -0.190. The molecule has 0 fully saturated rings. The summed E-state index contributed by atoms with van der Waals surface area (Å²) >= 11 is 0. The van der Waals surface area contributed by atoms with Gasteiger partial charge < -0.3 is 4.74 Å². The first-order chi connectivity index (χ1) is 6.49. The van der Waals surface area contributed by atoms with Crippen LogP contribution >= 0.6 is 0 Å². The SMILES string of the molecule is CCOC(=O)C(CC=C(C)C)=C(C)C. The molecule has 0 atom stereocenters. The number of allylic oxidation sites excluding steroid dienone is 3. The fraction of sp³-hybridized carbons (Fsp3) is 0.583. The Kier molecular flexibility index (Phi) is 5.93. The number of esters is 1. The topological polar surface area (TPSA) is 26.3 Å². The molecule has 0 radical (unpaired) electrons. The molecule has 0 amide bonds. The van der Waals surface area contributed by atoms with Crippen LogP contribution < -0.4 is 0 Å². The summed E-state index contributed by atoms with van der Waals surface area (Å²) < 4.78 is 4.97. The molecule has 0 aromatic rings. The Bertz CT molecular complexity index is 251. The van der Waals surface area contributed by atoms with Crippen molar-refractivity contribution in [3.63, 3.8) is 0 Å². The number of hydrogen-bond donors (Lipinski definition) is 0. The third-order valence-corrected chi connectivity index (χ3v) is 1.84. The van der Waals surface area contributed by atoms with E-state index >= 15 is 0 Å². The molecule has 0 aromatic carbocycles. The number of carbonyl (C=O) groups excluding carboxylic acids is 1. The van der Waals surface area contributed by atoms with Crippen LogP contribution in [0.25, 0.3) is 0 Å². The van der Waals surface area contributed by atoms with Gasteiger partial charge in [0.25, 0.3) is 0 Å². The Morgan fingerprint density at radius 1 is 1.21 bits per heavy atom. The lowest BCUT2D eigenvalue weighted by Gasteiger charge is -2.06. The summed E-state index contributed by atoms with van der Waals surface area (Å²) in [6.45, 7) is 10.2. The molecule has 0 N–H and O–H groups in total. The third-order valence-electron chi connectivity index (χ3n) is 1.84. The van der Waals surface area contributed by atoms with Crippen LogP contribution in [-0.2, 0) is 9.53 Å². The lowest BCUT2D eigenvalue weighted by molar-refractivity contribution is -0.138. The van der Waals surface area contributed by atoms with Crippen molar-refractivity contribution in [2.24, 2.45) is 0 Å². The molecule has 80 valence electrons. The average molecular weight is 196 g/mol. The second kappa shape index (κ2) is 6.41. The Labute approximate surface area is 86.6 Å². The zero-order chi connectivity index (χ0) is 11.1. The summed E-state index contributed by atoms with van der Waals surface area (Å²) in [7, 11) is 0. The van der Waals surface area contributed by atoms with Gasteiger partial charge in [0.1, 0.15) is 0 Å². The first kappa shape index (κ1) is 12.9. The van der Waals surface area contributed by atoms with Crippen LogP contribution in [0.15, 0.2) is 22.8 Å². The summed E-state index contributed by atoms with van der Waals surface area (Å²) in [5, 5.41) is 0. The van der Waals surface area contributed by atoms with Crippen molar-refractivity contribution >= 4 is 5.97 Å². The molecular weight excluding hydrogens is 176 g/mol. The van der Waals surface area contributed by atoms with Crippen LogP contribution in [0.3, 0.4) is 0 Å². The van der Waals surface area contributed by atoms with E-state index in [0.717, 1.165) is 11.1 Å². The molecule has 14 heavy (non-hydrogen) atoms. The molecule has 0 aliphatic rings. The lowest BCUT2D eigenvalue weighted by atomic mass is 10.1. The molecule has 2 heteroatoms. The van der Waals surface area contributed by atoms with Crippen molar-refractivity contribution in [1.82, 2.24) is 0 Å². The van der Waals surface area contributed by atoms with Gasteiger partial charge in [0.05, 0.1) is 6.61 Å². The predicted octanol–water partition coefficient (Wildman–Crippen LogP) is 3.24. The van der Waals surface area contributed by atoms with E-state index in [1.165, 1.54) is 5.57 Å². The molecular formula is C12H20O2. The minimum atomic E-state index is -0.190. The maximum Gasteiger partial charge on any atom is 0.334 e. The van der Waals surface area contributed by atoms with E-state index in [-0.39, 0.29) is 5.97 Å². The highest BCUT2D eigenvalue weighted by Gasteiger charge is 2.10. The van der Waals surface area contributed by atoms with E-state index in [4.69, 9.17) is 4.74 Å². The second-order valence-corrected chi connectivity index (χ2v) is 3.68. The van der Waals surface area contributed by atoms with Gasteiger partial charge in [-0.05, 0) is 41.0 Å². The molecule has 0 heterocycles. The minimum absolute atomic E-state index is 0.190. The molecule has 0 rings (SSSR count). The second-order valence-electron chi connectivity index (χ2n) is 3.68. The number of carbonyl (C=O) groups is 1. The molecule has 0 aliphatic carbocycles. The van der Waals surface area contributed by atoms with Crippen LogP contribution in [0.4, 0.5) is 0 Å². The van der Waals surface area contributed by atoms with Gasteiger partial charge in [-0.1, -0.05) is 17.2 Å². The number of ether oxygens (including phenoxy) is 1. The quantitative estimate of drug-likeness (QED) is 0.392. The van der Waals surface area contributed by atoms with Crippen LogP contribution in [0.5, 0.6) is 0 Å². The largest absolute Gasteiger partial charge is 0.463 e. The fourth-order valence-electron chi connectivity index (χ4n) is 1.02. The molecule has 0 bridgehead atoms. The van der Waals surface area contributed by atoms with Gasteiger partial charge in [0, 0.05) is 5.57 Å². The predicted molar refractivity (Wildman–Crippen MR) is 59.1 cm³/mol. The monoisotopic (exact) mass is 196 g/mol. The lowest BCUT2D eigenvalue weighted by Crippen LogP contribution is -2.08. The van der Waals surface area contributed by atoms with Crippen molar-refractivity contribution < 1.29 is 9.53 Å². The number of hydrogen-bond acceptors (Lipinski definition) is 2. The van der Waals surface area contributed by atoms with E-state index in [1.54, 1.807) is 0 Å². The van der Waals surface area contributed by atoms with Crippen LogP contribution in [-0.4, -0.2) is 12.6 Å². The van der Waals surface area contributed by atoms with Gasteiger partial charge in [0.15, 0.2) is 0 Å². The van der Waals surface area contributed by atoms with Crippen molar-refractivity contribution in [1.29, 1.82) is 0 Å². The van der Waals surface area contributed by atoms with Crippen LogP contribution in [0.2, 0.25) is 0 Å². The van der Waals surface area contributed by atoms with Crippen molar-refractivity contribution in [3.8, 4) is 0 Å². The molecule has 0 aliphatic heterocycles. The minimum Gasteiger partial charge on any atom is -0.463 e. The standard InChI is InChI=1S/C12H20O2/c1-6-14-12(13)11(10(4)5)8-7-9(2)3/h7H,6,8H2,1-5H3. The maximum absolute atomic E-state index is 11.5. The van der Waals surface area contributed by atoms with Gasteiger partial charge in [-0.25, -0.2) is 4.79 Å². The summed E-state index contributed by atoms with van der Waals surface area (Å²) in [6.07, 6.45) is 2.71. The normalized spacial score (nSPS) is 9.21. The molecule has 2 nitrogen and oxygen atoms in total. The van der Waals surface area contributed by atoms with Crippen molar-refractivity contribution in [2.45, 2.75) is 41.0 Å². The summed E-state index contributed by atoms with van der Waals surface area (Å²) in [6, 6.07) is 0. The average Bonchev–Trinajstić information content (AvgIpc) is 2.03. The Balaban J connectivity index is 4.56. The zero-order valence-corrected chi connectivity index (χ0v) is 9.81. The van der Waals surface area contributed by atoms with Gasteiger partial charge >= 0.3 is 5.97 Å². The van der Waals surface area contributed by atoms with E-state index in [2.05, 4.69) is 0 Å². The molecule has 0 saturated heterocycles. The fourth-order valence-corrected chi connectivity index (χ4v) is 1.02. The maximum atomic E-state index is 11.5. The third kappa shape index (κ3) is 4.85. The molecule has 0 aromatic heterocycles. The van der Waals surface area contributed by atoms with Crippen LogP contribution in [0.1, 0.15) is 41.0 Å². The van der Waals surface area contributed by atoms with Gasteiger partial charge in [-0.15, -0.1) is 0 Å². The first-order valence-corrected chi connectivity index (χ1v) is 4.95. The first-order valence-electron chi connectivity index (χ1n) is 4.95.